The molecule has 2 aliphatic heterocycles. The van der Waals surface area contributed by atoms with Gasteiger partial charge in [0, 0.05) is 6.61 Å². The van der Waals surface area contributed by atoms with E-state index in [1.807, 2.05) is 0 Å². The Hall–Kier alpha value is -0.870. The Kier molecular flexibility index (Phi) is 3.43. The minimum absolute atomic E-state index is 0.157. The number of hydrogen-bond acceptors (Lipinski definition) is 4. The summed E-state index contributed by atoms with van der Waals surface area (Å²) in [5, 5.41) is 3.45. The molecule has 1 N–H and O–H groups in total. The first-order valence-corrected chi connectivity index (χ1v) is 6.74. The molecule has 2 unspecified atom stereocenters. The van der Waals surface area contributed by atoms with Gasteiger partial charge in [0.15, 0.2) is 0 Å². The molecule has 94 valence electrons. The quantitative estimate of drug-likeness (QED) is 0.857. The van der Waals surface area contributed by atoms with Gasteiger partial charge in [-0.1, -0.05) is 6.42 Å². The van der Waals surface area contributed by atoms with E-state index in [2.05, 4.69) is 10.3 Å². The molecular formula is C13H20N2O2. The number of nitrogens with zero attached hydrogens (tertiary/aromatic N) is 1. The maximum Gasteiger partial charge on any atom is 0.211 e. The van der Waals surface area contributed by atoms with Crippen LogP contribution in [0, 0.1) is 0 Å². The van der Waals surface area contributed by atoms with Gasteiger partial charge in [-0.05, 0) is 38.6 Å². The lowest BCUT2D eigenvalue weighted by Gasteiger charge is -2.21. The zero-order chi connectivity index (χ0) is 11.5. The van der Waals surface area contributed by atoms with Gasteiger partial charge in [0.2, 0.25) is 5.89 Å². The van der Waals surface area contributed by atoms with Crippen molar-refractivity contribution in [3.05, 3.63) is 17.8 Å². The molecule has 0 aromatic carbocycles. The van der Waals surface area contributed by atoms with Crippen molar-refractivity contribution in [2.24, 2.45) is 0 Å². The van der Waals surface area contributed by atoms with E-state index in [4.69, 9.17) is 9.15 Å². The average Bonchev–Trinajstić information content (AvgIpc) is 2.90. The number of hydrogen-bond donors (Lipinski definition) is 1. The Balaban J connectivity index is 1.68. The van der Waals surface area contributed by atoms with Crippen molar-refractivity contribution in [2.45, 2.75) is 50.7 Å². The predicted octanol–water partition coefficient (Wildman–Crippen LogP) is 2.73. The third-order valence-electron chi connectivity index (χ3n) is 3.66. The molecule has 3 heterocycles. The molecule has 2 atom stereocenters. The van der Waals surface area contributed by atoms with Crippen LogP contribution in [0.2, 0.25) is 0 Å². The summed E-state index contributed by atoms with van der Waals surface area (Å²) in [6.45, 7) is 1.93. The number of rotatable bonds is 2. The van der Waals surface area contributed by atoms with E-state index >= 15 is 0 Å². The van der Waals surface area contributed by atoms with Crippen molar-refractivity contribution >= 4 is 0 Å². The summed E-state index contributed by atoms with van der Waals surface area (Å²) < 4.78 is 11.3. The van der Waals surface area contributed by atoms with Gasteiger partial charge in [0.1, 0.15) is 18.1 Å². The minimum atomic E-state index is 0.157. The highest BCUT2D eigenvalue weighted by molar-refractivity contribution is 5.05. The van der Waals surface area contributed by atoms with Crippen LogP contribution in [0.5, 0.6) is 0 Å². The standard InChI is InChI=1S/C13H20N2O2/c1-3-7-14-10(5-1)13-15-11(9-17-13)12-6-2-4-8-16-12/h9-10,12,14H,1-8H2. The van der Waals surface area contributed by atoms with E-state index in [1.165, 1.54) is 25.7 Å². The van der Waals surface area contributed by atoms with Gasteiger partial charge >= 0.3 is 0 Å². The van der Waals surface area contributed by atoms with Crippen molar-refractivity contribution in [1.82, 2.24) is 10.3 Å². The molecule has 0 spiro atoms. The molecule has 0 amide bonds. The van der Waals surface area contributed by atoms with Gasteiger partial charge in [-0.3, -0.25) is 0 Å². The Bertz CT molecular complexity index is 320. The maximum absolute atomic E-state index is 5.72. The first kappa shape index (κ1) is 11.2. The largest absolute Gasteiger partial charge is 0.447 e. The first-order chi connectivity index (χ1) is 8.43. The van der Waals surface area contributed by atoms with E-state index in [1.54, 1.807) is 6.26 Å². The molecule has 4 nitrogen and oxygen atoms in total. The molecule has 2 aliphatic rings. The molecule has 1 aromatic rings. The monoisotopic (exact) mass is 236 g/mol. The number of ether oxygens (including phenoxy) is 1. The van der Waals surface area contributed by atoms with Gasteiger partial charge in [-0.25, -0.2) is 4.98 Å². The Morgan fingerprint density at radius 2 is 2.12 bits per heavy atom. The van der Waals surface area contributed by atoms with Crippen LogP contribution in [0.4, 0.5) is 0 Å². The fourth-order valence-electron chi connectivity index (χ4n) is 2.65. The number of piperidine rings is 1. The lowest BCUT2D eigenvalue weighted by Crippen LogP contribution is -2.27. The fraction of sp³-hybridized carbons (Fsp3) is 0.769. The number of nitrogens with one attached hydrogen (secondary N) is 1. The highest BCUT2D eigenvalue weighted by Crippen LogP contribution is 2.29. The first-order valence-electron chi connectivity index (χ1n) is 6.74. The van der Waals surface area contributed by atoms with Crippen LogP contribution in [-0.2, 0) is 4.74 Å². The van der Waals surface area contributed by atoms with Crippen LogP contribution in [-0.4, -0.2) is 18.1 Å². The average molecular weight is 236 g/mol. The molecule has 0 radical (unpaired) electrons. The third-order valence-corrected chi connectivity index (χ3v) is 3.66. The lowest BCUT2D eigenvalue weighted by atomic mass is 10.0. The molecular weight excluding hydrogens is 216 g/mol. The van der Waals surface area contributed by atoms with Crippen LogP contribution in [0.1, 0.15) is 62.3 Å². The second kappa shape index (κ2) is 5.19. The molecule has 2 saturated heterocycles. The smallest absolute Gasteiger partial charge is 0.211 e. The SMILES string of the molecule is c1oc(C2CCCCN2)nc1C1CCCCO1. The fourth-order valence-corrected chi connectivity index (χ4v) is 2.65. The summed E-state index contributed by atoms with van der Waals surface area (Å²) in [7, 11) is 0. The summed E-state index contributed by atoms with van der Waals surface area (Å²) in [6.07, 6.45) is 9.06. The summed E-state index contributed by atoms with van der Waals surface area (Å²) in [5.74, 6) is 0.842. The van der Waals surface area contributed by atoms with E-state index < -0.39 is 0 Å². The van der Waals surface area contributed by atoms with Gasteiger partial charge in [0.05, 0.1) is 6.04 Å². The van der Waals surface area contributed by atoms with Gasteiger partial charge in [0.25, 0.3) is 0 Å². The van der Waals surface area contributed by atoms with Crippen LogP contribution in [0.25, 0.3) is 0 Å². The Morgan fingerprint density at radius 1 is 1.18 bits per heavy atom. The zero-order valence-corrected chi connectivity index (χ0v) is 10.2. The highest BCUT2D eigenvalue weighted by Gasteiger charge is 2.24. The third kappa shape index (κ3) is 2.53. The molecule has 0 saturated carbocycles. The summed E-state index contributed by atoms with van der Waals surface area (Å²) in [4.78, 5) is 4.60. The van der Waals surface area contributed by atoms with Gasteiger partial charge in [-0.2, -0.15) is 0 Å². The summed E-state index contributed by atoms with van der Waals surface area (Å²) in [6, 6.07) is 0.307. The van der Waals surface area contributed by atoms with Crippen molar-refractivity contribution in [1.29, 1.82) is 0 Å². The maximum atomic E-state index is 5.72. The van der Waals surface area contributed by atoms with Crippen molar-refractivity contribution in [3.8, 4) is 0 Å². The topological polar surface area (TPSA) is 47.3 Å². The van der Waals surface area contributed by atoms with E-state index in [9.17, 15) is 0 Å². The lowest BCUT2D eigenvalue weighted by molar-refractivity contribution is 0.0122. The van der Waals surface area contributed by atoms with E-state index in [-0.39, 0.29) is 6.10 Å². The van der Waals surface area contributed by atoms with Gasteiger partial charge in [-0.15, -0.1) is 0 Å². The van der Waals surface area contributed by atoms with Crippen molar-refractivity contribution in [3.63, 3.8) is 0 Å². The molecule has 2 fully saturated rings. The van der Waals surface area contributed by atoms with Gasteiger partial charge < -0.3 is 14.5 Å². The molecule has 3 rings (SSSR count). The Labute approximate surface area is 102 Å². The van der Waals surface area contributed by atoms with E-state index in [0.29, 0.717) is 6.04 Å². The number of aromatic nitrogens is 1. The van der Waals surface area contributed by atoms with E-state index in [0.717, 1.165) is 37.6 Å². The predicted molar refractivity (Wildman–Crippen MR) is 63.6 cm³/mol. The van der Waals surface area contributed by atoms with Crippen LogP contribution < -0.4 is 5.32 Å². The molecule has 4 heteroatoms. The highest BCUT2D eigenvalue weighted by atomic mass is 16.5. The molecule has 1 aromatic heterocycles. The Morgan fingerprint density at radius 3 is 2.88 bits per heavy atom. The molecule has 17 heavy (non-hydrogen) atoms. The second-order valence-electron chi connectivity index (χ2n) is 4.97. The molecule has 0 bridgehead atoms. The zero-order valence-electron chi connectivity index (χ0n) is 10.2. The van der Waals surface area contributed by atoms with Crippen LogP contribution >= 0.6 is 0 Å². The van der Waals surface area contributed by atoms with Crippen LogP contribution in [0.15, 0.2) is 10.7 Å². The second-order valence-corrected chi connectivity index (χ2v) is 4.97. The number of oxazole rings is 1. The summed E-state index contributed by atoms with van der Waals surface area (Å²) in [5.41, 5.74) is 0.979. The normalized spacial score (nSPS) is 30.4. The summed E-state index contributed by atoms with van der Waals surface area (Å²) >= 11 is 0. The minimum Gasteiger partial charge on any atom is -0.447 e. The molecule has 0 aliphatic carbocycles. The van der Waals surface area contributed by atoms with Crippen molar-refractivity contribution in [2.75, 3.05) is 13.2 Å². The van der Waals surface area contributed by atoms with Crippen molar-refractivity contribution < 1.29 is 9.15 Å². The van der Waals surface area contributed by atoms with Crippen LogP contribution in [0.3, 0.4) is 0 Å².